The van der Waals surface area contributed by atoms with Gasteiger partial charge in [0.1, 0.15) is 5.58 Å². The Morgan fingerprint density at radius 1 is 0.788 bits per heavy atom. The van der Waals surface area contributed by atoms with Crippen LogP contribution in [-0.4, -0.2) is 4.92 Å². The van der Waals surface area contributed by atoms with Gasteiger partial charge in [0, 0.05) is 22.5 Å². The number of hydrogen-bond acceptors (Lipinski definition) is 4. The molecular formula is C28H26N2O3. The van der Waals surface area contributed by atoms with E-state index in [-0.39, 0.29) is 22.4 Å². The molecule has 1 heterocycles. The van der Waals surface area contributed by atoms with Crippen LogP contribution in [0.2, 0.25) is 0 Å². The average molecular weight is 439 g/mol. The van der Waals surface area contributed by atoms with Crippen molar-refractivity contribution in [1.82, 2.24) is 0 Å². The van der Waals surface area contributed by atoms with Gasteiger partial charge in [0.15, 0.2) is 11.3 Å². The summed E-state index contributed by atoms with van der Waals surface area (Å²) in [5.41, 5.74) is 4.77. The number of para-hydroxylation sites is 1. The van der Waals surface area contributed by atoms with E-state index in [4.69, 9.17) is 4.42 Å². The van der Waals surface area contributed by atoms with Crippen molar-refractivity contribution in [3.05, 3.63) is 88.0 Å². The molecule has 0 aliphatic rings. The largest absolute Gasteiger partial charge is 0.454 e. The monoisotopic (exact) mass is 438 g/mol. The molecule has 0 aliphatic heterocycles. The van der Waals surface area contributed by atoms with E-state index in [9.17, 15) is 10.1 Å². The van der Waals surface area contributed by atoms with Crippen LogP contribution in [0.15, 0.2) is 71.1 Å². The van der Waals surface area contributed by atoms with Crippen molar-refractivity contribution in [2.45, 2.75) is 39.5 Å². The van der Waals surface area contributed by atoms with Crippen LogP contribution in [0, 0.1) is 10.1 Å². The van der Waals surface area contributed by atoms with Crippen molar-refractivity contribution >= 4 is 49.8 Å². The molecule has 5 aromatic rings. The molecule has 5 heteroatoms. The van der Waals surface area contributed by atoms with E-state index in [0.29, 0.717) is 16.9 Å². The molecule has 4 aromatic carbocycles. The van der Waals surface area contributed by atoms with Gasteiger partial charge in [-0.3, -0.25) is 10.1 Å². The van der Waals surface area contributed by atoms with Gasteiger partial charge < -0.3 is 9.73 Å². The maximum Gasteiger partial charge on any atom is 0.296 e. The minimum absolute atomic E-state index is 0.000577. The molecule has 0 saturated heterocycles. The van der Waals surface area contributed by atoms with Crippen molar-refractivity contribution in [1.29, 1.82) is 0 Å². The maximum atomic E-state index is 12.0. The van der Waals surface area contributed by atoms with E-state index in [1.165, 1.54) is 0 Å². The van der Waals surface area contributed by atoms with Crippen molar-refractivity contribution in [3.63, 3.8) is 0 Å². The van der Waals surface area contributed by atoms with Gasteiger partial charge in [-0.05, 0) is 51.9 Å². The predicted molar refractivity (Wildman–Crippen MR) is 136 cm³/mol. The van der Waals surface area contributed by atoms with E-state index in [2.05, 4.69) is 63.3 Å². The summed E-state index contributed by atoms with van der Waals surface area (Å²) in [7, 11) is 0. The standard InChI is InChI=1S/C28H26N2O3/c1-16(2)20-10-7-11-21(17(3)4)26(20)29-27-24(30(31)32)13-12-22-23-14-18-8-5-6-9-19(18)15-25(23)33-28(22)27/h5-17,29H,1-4H3. The average Bonchev–Trinajstić information content (AvgIpc) is 3.15. The molecule has 0 unspecified atom stereocenters. The second kappa shape index (κ2) is 7.93. The van der Waals surface area contributed by atoms with Gasteiger partial charge in [0.25, 0.3) is 5.69 Å². The van der Waals surface area contributed by atoms with Gasteiger partial charge in [0.2, 0.25) is 0 Å². The van der Waals surface area contributed by atoms with Crippen molar-refractivity contribution in [2.75, 3.05) is 5.32 Å². The van der Waals surface area contributed by atoms with E-state index < -0.39 is 0 Å². The van der Waals surface area contributed by atoms with Crippen LogP contribution < -0.4 is 5.32 Å². The Morgan fingerprint density at radius 2 is 1.42 bits per heavy atom. The fourth-order valence-electron chi connectivity index (χ4n) is 4.61. The number of nitro groups is 1. The number of anilines is 2. The Bertz CT molecular complexity index is 1500. The third-order valence-electron chi connectivity index (χ3n) is 6.31. The first kappa shape index (κ1) is 21.0. The van der Waals surface area contributed by atoms with Crippen molar-refractivity contribution < 1.29 is 9.34 Å². The lowest BCUT2D eigenvalue weighted by Gasteiger charge is -2.21. The van der Waals surface area contributed by atoms with E-state index >= 15 is 0 Å². The molecule has 5 rings (SSSR count). The number of nitrogens with zero attached hydrogens (tertiary/aromatic N) is 1. The number of furan rings is 1. The summed E-state index contributed by atoms with van der Waals surface area (Å²) in [5, 5.41) is 19.5. The third kappa shape index (κ3) is 3.50. The van der Waals surface area contributed by atoms with Crippen molar-refractivity contribution in [3.8, 4) is 0 Å². The Labute approximate surface area is 192 Å². The second-order valence-corrected chi connectivity index (χ2v) is 9.14. The van der Waals surface area contributed by atoms with Crippen molar-refractivity contribution in [2.24, 2.45) is 0 Å². The maximum absolute atomic E-state index is 12.0. The van der Waals surface area contributed by atoms with Crippen LogP contribution in [0.3, 0.4) is 0 Å². The normalized spacial score (nSPS) is 11.8. The molecule has 1 N–H and O–H groups in total. The van der Waals surface area contributed by atoms with Gasteiger partial charge in [0.05, 0.1) is 4.92 Å². The summed E-state index contributed by atoms with van der Waals surface area (Å²) < 4.78 is 6.29. The SMILES string of the molecule is CC(C)c1cccc(C(C)C)c1Nc1c([N+](=O)[O-])ccc2c1oc1cc3ccccc3cc12. The molecular weight excluding hydrogens is 412 g/mol. The molecule has 33 heavy (non-hydrogen) atoms. The van der Waals surface area contributed by atoms with Gasteiger partial charge in [-0.25, -0.2) is 0 Å². The molecule has 0 amide bonds. The quantitative estimate of drug-likeness (QED) is 0.220. The highest BCUT2D eigenvalue weighted by molar-refractivity contribution is 6.14. The Kier molecular flexibility index (Phi) is 5.05. The molecule has 0 bridgehead atoms. The van der Waals surface area contributed by atoms with Crippen LogP contribution in [0.25, 0.3) is 32.7 Å². The summed E-state index contributed by atoms with van der Waals surface area (Å²) in [5.74, 6) is 0.510. The smallest absolute Gasteiger partial charge is 0.296 e. The lowest BCUT2D eigenvalue weighted by atomic mass is 9.92. The first-order chi connectivity index (χ1) is 15.8. The summed E-state index contributed by atoms with van der Waals surface area (Å²) >= 11 is 0. The molecule has 0 saturated carbocycles. The van der Waals surface area contributed by atoms with Crippen LogP contribution in [0.4, 0.5) is 17.1 Å². The highest BCUT2D eigenvalue weighted by atomic mass is 16.6. The Hall–Kier alpha value is -3.86. The van der Waals surface area contributed by atoms with Crippen LogP contribution in [0.5, 0.6) is 0 Å². The number of nitro benzene ring substituents is 1. The number of rotatable bonds is 5. The van der Waals surface area contributed by atoms with E-state index in [1.54, 1.807) is 12.1 Å². The predicted octanol–water partition coefficient (Wildman–Crippen LogP) is 8.64. The number of nitrogens with one attached hydrogen (secondary N) is 1. The number of benzene rings is 4. The molecule has 1 aromatic heterocycles. The zero-order chi connectivity index (χ0) is 23.3. The first-order valence-electron chi connectivity index (χ1n) is 11.3. The zero-order valence-electron chi connectivity index (χ0n) is 19.2. The molecule has 5 nitrogen and oxygen atoms in total. The summed E-state index contributed by atoms with van der Waals surface area (Å²) in [4.78, 5) is 11.7. The number of hydrogen-bond donors (Lipinski definition) is 1. The minimum atomic E-state index is -0.349. The molecule has 166 valence electrons. The lowest BCUT2D eigenvalue weighted by molar-refractivity contribution is -0.383. The van der Waals surface area contributed by atoms with Gasteiger partial charge in [-0.2, -0.15) is 0 Å². The van der Waals surface area contributed by atoms with Gasteiger partial charge in [-0.1, -0.05) is 70.2 Å². The lowest BCUT2D eigenvalue weighted by Crippen LogP contribution is -2.05. The minimum Gasteiger partial charge on any atom is -0.454 e. The van der Waals surface area contributed by atoms with Crippen LogP contribution in [-0.2, 0) is 0 Å². The highest BCUT2D eigenvalue weighted by Gasteiger charge is 2.24. The Balaban J connectivity index is 1.81. The van der Waals surface area contributed by atoms with E-state index in [1.807, 2.05) is 24.3 Å². The zero-order valence-corrected chi connectivity index (χ0v) is 19.2. The van der Waals surface area contributed by atoms with Crippen LogP contribution >= 0.6 is 0 Å². The highest BCUT2D eigenvalue weighted by Crippen LogP contribution is 2.43. The number of fused-ring (bicyclic) bond motifs is 4. The summed E-state index contributed by atoms with van der Waals surface area (Å²) in [6.07, 6.45) is 0. The van der Waals surface area contributed by atoms with Gasteiger partial charge in [-0.15, -0.1) is 0 Å². The fraction of sp³-hybridized carbons (Fsp3) is 0.214. The molecule has 0 atom stereocenters. The molecule has 0 fully saturated rings. The topological polar surface area (TPSA) is 68.3 Å². The van der Waals surface area contributed by atoms with E-state index in [0.717, 1.165) is 38.4 Å². The molecule has 0 radical (unpaired) electrons. The van der Waals surface area contributed by atoms with Crippen LogP contribution in [0.1, 0.15) is 50.7 Å². The fourth-order valence-corrected chi connectivity index (χ4v) is 4.61. The Morgan fingerprint density at radius 3 is 2.03 bits per heavy atom. The second-order valence-electron chi connectivity index (χ2n) is 9.14. The van der Waals surface area contributed by atoms with Gasteiger partial charge >= 0.3 is 0 Å². The third-order valence-corrected chi connectivity index (χ3v) is 6.31. The summed E-state index contributed by atoms with van der Waals surface area (Å²) in [6.45, 7) is 8.53. The molecule has 0 aliphatic carbocycles. The molecule has 0 spiro atoms. The summed E-state index contributed by atoms with van der Waals surface area (Å²) in [6, 6.07) is 21.8. The first-order valence-corrected chi connectivity index (χ1v) is 11.3.